The number of aliphatic carboxylic acids is 3. The molecule has 186 valence electrons. The maximum Gasteiger partial charge on any atom is 0.362 e. The van der Waals surface area contributed by atoms with Crippen LogP contribution in [-0.2, 0) is 14.4 Å². The Balaban J connectivity index is 4.55. The van der Waals surface area contributed by atoms with Crippen LogP contribution in [0.4, 0.5) is 0 Å². The molecule has 0 rings (SSSR count). The summed E-state index contributed by atoms with van der Waals surface area (Å²) in [5.74, 6) is -3.53. The van der Waals surface area contributed by atoms with Gasteiger partial charge < -0.3 is 15.3 Å². The Labute approximate surface area is 194 Å². The lowest BCUT2D eigenvalue weighted by Gasteiger charge is -2.47. The number of allylic oxidation sites excluding steroid dienone is 2. The summed E-state index contributed by atoms with van der Waals surface area (Å²) in [5, 5.41) is 28.8. The molecule has 3 N–H and O–H groups in total. The molecule has 0 bridgehead atoms. The van der Waals surface area contributed by atoms with E-state index in [2.05, 4.69) is 19.1 Å². The quantitative estimate of drug-likeness (QED) is 0.127. The minimum Gasteiger partial charge on any atom is -0.477 e. The van der Waals surface area contributed by atoms with E-state index >= 15 is 0 Å². The van der Waals surface area contributed by atoms with Crippen molar-refractivity contribution >= 4 is 17.9 Å². The van der Waals surface area contributed by atoms with Gasteiger partial charge in [0.25, 0.3) is 0 Å². The predicted octanol–water partition coefficient (Wildman–Crippen LogP) is 5.48. The molecular weight excluding hydrogens is 410 g/mol. The molecule has 0 aliphatic heterocycles. The summed E-state index contributed by atoms with van der Waals surface area (Å²) in [6, 6.07) is -3.37. The van der Waals surface area contributed by atoms with E-state index in [1.807, 2.05) is 0 Å². The summed E-state index contributed by atoms with van der Waals surface area (Å²) in [6.45, 7) is 6.68. The van der Waals surface area contributed by atoms with Gasteiger partial charge >= 0.3 is 17.9 Å². The maximum absolute atomic E-state index is 11.7. The van der Waals surface area contributed by atoms with Gasteiger partial charge in [0.05, 0.1) is 6.54 Å². The number of unbranched alkanes of at least 4 members (excludes halogenated alkanes) is 10. The smallest absolute Gasteiger partial charge is 0.362 e. The Hall–Kier alpha value is -1.89. The number of carboxylic acids is 3. The van der Waals surface area contributed by atoms with Crippen LogP contribution in [0.15, 0.2) is 12.2 Å². The molecule has 32 heavy (non-hydrogen) atoms. The second-order valence-corrected chi connectivity index (χ2v) is 8.99. The highest BCUT2D eigenvalue weighted by molar-refractivity contribution is 5.77. The van der Waals surface area contributed by atoms with Crippen LogP contribution in [0.3, 0.4) is 0 Å². The molecule has 7 heteroatoms. The Bertz CT molecular complexity index is 539. The van der Waals surface area contributed by atoms with E-state index in [1.54, 1.807) is 0 Å². The van der Waals surface area contributed by atoms with E-state index < -0.39 is 40.5 Å². The number of carboxylic acid groups (broad SMARTS) is 3. The molecule has 0 aliphatic rings. The normalized spacial score (nSPS) is 16.4. The molecule has 3 unspecified atom stereocenters. The van der Waals surface area contributed by atoms with E-state index in [0.29, 0.717) is 6.42 Å². The summed E-state index contributed by atoms with van der Waals surface area (Å²) < 4.78 is -0.483. The van der Waals surface area contributed by atoms with Crippen LogP contribution in [0.25, 0.3) is 0 Å². The van der Waals surface area contributed by atoms with Gasteiger partial charge in [0.15, 0.2) is 18.1 Å². The third-order valence-corrected chi connectivity index (χ3v) is 6.79. The van der Waals surface area contributed by atoms with Crippen molar-refractivity contribution in [2.24, 2.45) is 0 Å². The Morgan fingerprint density at radius 1 is 0.625 bits per heavy atom. The first-order valence-electron chi connectivity index (χ1n) is 12.3. The third-order valence-electron chi connectivity index (χ3n) is 6.79. The van der Waals surface area contributed by atoms with Gasteiger partial charge in [-0.15, -0.1) is 0 Å². The van der Waals surface area contributed by atoms with Gasteiger partial charge in [-0.3, -0.25) is 4.48 Å². The highest BCUT2D eigenvalue weighted by atomic mass is 16.4. The first kappa shape index (κ1) is 30.1. The summed E-state index contributed by atoms with van der Waals surface area (Å²) in [7, 11) is 0. The number of quaternary nitrogens is 1. The summed E-state index contributed by atoms with van der Waals surface area (Å²) in [6.07, 6.45) is 17.7. The van der Waals surface area contributed by atoms with Gasteiger partial charge in [0.2, 0.25) is 0 Å². The average molecular weight is 457 g/mol. The van der Waals surface area contributed by atoms with Gasteiger partial charge in [0.1, 0.15) is 0 Å². The van der Waals surface area contributed by atoms with Crippen molar-refractivity contribution in [1.29, 1.82) is 0 Å². The lowest BCUT2D eigenvalue weighted by atomic mass is 10.00. The molecule has 0 spiro atoms. The second kappa shape index (κ2) is 16.7. The minimum atomic E-state index is -1.18. The van der Waals surface area contributed by atoms with Crippen molar-refractivity contribution < 1.29 is 34.2 Å². The largest absolute Gasteiger partial charge is 0.477 e. The van der Waals surface area contributed by atoms with Crippen molar-refractivity contribution in [3.05, 3.63) is 12.2 Å². The number of hydrogen-bond donors (Lipinski definition) is 3. The zero-order valence-electron chi connectivity index (χ0n) is 20.6. The van der Waals surface area contributed by atoms with E-state index in [9.17, 15) is 29.7 Å². The third kappa shape index (κ3) is 10.2. The fourth-order valence-electron chi connectivity index (χ4n) is 4.48. The zero-order chi connectivity index (χ0) is 24.6. The zero-order valence-corrected chi connectivity index (χ0v) is 20.6. The highest BCUT2D eigenvalue weighted by Gasteiger charge is 2.52. The maximum atomic E-state index is 11.7. The topological polar surface area (TPSA) is 112 Å². The van der Waals surface area contributed by atoms with E-state index in [4.69, 9.17) is 0 Å². The van der Waals surface area contributed by atoms with Gasteiger partial charge in [-0.25, -0.2) is 14.4 Å². The van der Waals surface area contributed by atoms with Crippen LogP contribution in [0.5, 0.6) is 0 Å². The molecule has 0 heterocycles. The summed E-state index contributed by atoms with van der Waals surface area (Å²) >= 11 is 0. The number of carbonyl (C=O) groups is 3. The Kier molecular flexibility index (Phi) is 15.7. The van der Waals surface area contributed by atoms with E-state index in [-0.39, 0.29) is 6.54 Å². The van der Waals surface area contributed by atoms with Crippen molar-refractivity contribution in [2.75, 3.05) is 6.54 Å². The SMILES string of the molecule is CCCCCC/C=C/CCCCCCCC[N+](C(C)C(=O)O)(C(C)C(=O)O)C(C)C(=O)O. The van der Waals surface area contributed by atoms with Gasteiger partial charge in [0, 0.05) is 0 Å². The first-order valence-corrected chi connectivity index (χ1v) is 12.3. The Morgan fingerprint density at radius 2 is 0.969 bits per heavy atom. The predicted molar refractivity (Wildman–Crippen MR) is 127 cm³/mol. The molecule has 3 atom stereocenters. The molecule has 0 aromatic heterocycles. The molecule has 0 saturated heterocycles. The van der Waals surface area contributed by atoms with Crippen LogP contribution >= 0.6 is 0 Å². The van der Waals surface area contributed by atoms with Gasteiger partial charge in [-0.1, -0.05) is 57.6 Å². The molecule has 0 aromatic rings. The van der Waals surface area contributed by atoms with Crippen molar-refractivity contribution in [3.8, 4) is 0 Å². The summed E-state index contributed by atoms with van der Waals surface area (Å²) in [4.78, 5) is 35.2. The van der Waals surface area contributed by atoms with Crippen molar-refractivity contribution in [2.45, 2.75) is 123 Å². The Morgan fingerprint density at radius 3 is 1.34 bits per heavy atom. The van der Waals surface area contributed by atoms with Crippen LogP contribution in [-0.4, -0.2) is 62.4 Å². The van der Waals surface area contributed by atoms with Crippen LogP contribution in [0, 0.1) is 0 Å². The minimum absolute atomic E-state index is 0.217. The fourth-order valence-corrected chi connectivity index (χ4v) is 4.48. The van der Waals surface area contributed by atoms with Crippen molar-refractivity contribution in [3.63, 3.8) is 0 Å². The van der Waals surface area contributed by atoms with E-state index in [0.717, 1.165) is 44.9 Å². The molecule has 7 nitrogen and oxygen atoms in total. The van der Waals surface area contributed by atoms with Crippen molar-refractivity contribution in [1.82, 2.24) is 0 Å². The fraction of sp³-hybridized carbons (Fsp3) is 0.800. The molecule has 0 radical (unpaired) electrons. The first-order chi connectivity index (χ1) is 15.1. The second-order valence-electron chi connectivity index (χ2n) is 8.99. The molecule has 0 aromatic carbocycles. The molecular formula is C25H46NO6+. The average Bonchev–Trinajstić information content (AvgIpc) is 2.75. The lowest BCUT2D eigenvalue weighted by Crippen LogP contribution is -2.70. The number of hydrogen-bond acceptors (Lipinski definition) is 3. The molecule has 0 fully saturated rings. The number of nitrogens with zero attached hydrogens (tertiary/aromatic N) is 1. The van der Waals surface area contributed by atoms with Crippen LogP contribution in [0.1, 0.15) is 105 Å². The van der Waals surface area contributed by atoms with Crippen LogP contribution < -0.4 is 0 Å². The molecule has 0 aliphatic carbocycles. The molecule has 0 saturated carbocycles. The molecule has 0 amide bonds. The van der Waals surface area contributed by atoms with Gasteiger partial charge in [-0.2, -0.15) is 0 Å². The van der Waals surface area contributed by atoms with Gasteiger partial charge in [-0.05, 0) is 59.3 Å². The van der Waals surface area contributed by atoms with E-state index in [1.165, 1.54) is 46.5 Å². The highest BCUT2D eigenvalue weighted by Crippen LogP contribution is 2.27. The monoisotopic (exact) mass is 456 g/mol. The summed E-state index contributed by atoms with van der Waals surface area (Å²) in [5.41, 5.74) is 0. The number of rotatable bonds is 20. The standard InChI is InChI=1S/C25H45NO6/c1-5-6-7-8-9-10-11-12-13-14-15-16-17-18-19-26(20(2)23(27)28,21(3)24(29)30)22(4)25(31)32/h10-11,20-22H,5-9,12-19H2,1-4H3,(H2-,27,28,29,30,31,32)/p+1/b11-10+. The van der Waals surface area contributed by atoms with Crippen LogP contribution in [0.2, 0.25) is 0 Å². The lowest BCUT2D eigenvalue weighted by molar-refractivity contribution is -0.968.